The van der Waals surface area contributed by atoms with E-state index in [4.69, 9.17) is 0 Å². The highest BCUT2D eigenvalue weighted by atomic mass is 14.5. The van der Waals surface area contributed by atoms with Crippen molar-refractivity contribution in [3.8, 4) is 0 Å². The molecule has 1 heteroatoms. The smallest absolute Gasteiger partial charge is 0.0323 e. The lowest BCUT2D eigenvalue weighted by molar-refractivity contribution is 0.528. The molecule has 0 aromatic rings. The van der Waals surface area contributed by atoms with Gasteiger partial charge in [0.2, 0.25) is 0 Å². The van der Waals surface area contributed by atoms with Gasteiger partial charge in [-0.3, -0.25) is 0 Å². The molecule has 1 aliphatic carbocycles. The maximum atomic E-state index is 2.37. The lowest BCUT2D eigenvalue weighted by Crippen LogP contribution is -1.88. The molecule has 3 N–H and O–H groups in total. The molecule has 0 heterocycles. The van der Waals surface area contributed by atoms with Gasteiger partial charge >= 0.3 is 0 Å². The molecule has 1 fully saturated rings. The van der Waals surface area contributed by atoms with Crippen LogP contribution >= 0.6 is 0 Å². The Labute approximate surface area is 58.4 Å². The molecule has 0 saturated heterocycles. The van der Waals surface area contributed by atoms with Gasteiger partial charge in [0.05, 0.1) is 0 Å². The summed E-state index contributed by atoms with van der Waals surface area (Å²) in [5.41, 5.74) is 0.718. The number of hydrogen-bond donors (Lipinski definition) is 1. The molecule has 1 rings (SSSR count). The molecule has 1 saturated carbocycles. The minimum Gasteiger partial charge on any atom is -0.344 e. The second-order valence-corrected chi connectivity index (χ2v) is 3.68. The molecule has 0 radical (unpaired) electrons. The van der Waals surface area contributed by atoms with E-state index in [2.05, 4.69) is 20.8 Å². The molecule has 1 aliphatic rings. The fourth-order valence-corrected chi connectivity index (χ4v) is 1.42. The van der Waals surface area contributed by atoms with Crippen LogP contribution in [0, 0.1) is 11.3 Å². The van der Waals surface area contributed by atoms with Crippen LogP contribution in [0.3, 0.4) is 0 Å². The summed E-state index contributed by atoms with van der Waals surface area (Å²) in [6.07, 6.45) is 4.29. The van der Waals surface area contributed by atoms with Gasteiger partial charge < -0.3 is 6.15 Å². The van der Waals surface area contributed by atoms with E-state index in [-0.39, 0.29) is 6.15 Å². The maximum Gasteiger partial charge on any atom is -0.0323 e. The summed E-state index contributed by atoms with van der Waals surface area (Å²) in [5, 5.41) is 0. The van der Waals surface area contributed by atoms with Crippen molar-refractivity contribution in [1.82, 2.24) is 6.15 Å². The SMILES string of the molecule is CCCC1CC1(C)C.N. The standard InChI is InChI=1S/C8H16.H3N/c1-4-5-7-6-8(7,2)3;/h7H,4-6H2,1-3H3;1H3. The summed E-state index contributed by atoms with van der Waals surface area (Å²) >= 11 is 0. The monoisotopic (exact) mass is 129 g/mol. The van der Waals surface area contributed by atoms with Crippen LogP contribution in [0.2, 0.25) is 0 Å². The third-order valence-corrected chi connectivity index (χ3v) is 2.35. The fraction of sp³-hybridized carbons (Fsp3) is 1.00. The normalized spacial score (nSPS) is 29.0. The van der Waals surface area contributed by atoms with E-state index in [1.807, 2.05) is 0 Å². The highest BCUT2D eigenvalue weighted by Crippen LogP contribution is 2.53. The first-order valence-corrected chi connectivity index (χ1v) is 3.67. The second kappa shape index (κ2) is 2.70. The molecule has 1 unspecified atom stereocenters. The number of hydrogen-bond acceptors (Lipinski definition) is 1. The molecule has 0 aromatic heterocycles. The van der Waals surface area contributed by atoms with E-state index in [1.165, 1.54) is 19.3 Å². The molecule has 0 aliphatic heterocycles. The molecular formula is C8H19N. The van der Waals surface area contributed by atoms with Gasteiger partial charge in [-0.25, -0.2) is 0 Å². The highest BCUT2D eigenvalue weighted by Gasteiger charge is 2.44. The molecule has 0 amide bonds. The first-order valence-electron chi connectivity index (χ1n) is 3.67. The summed E-state index contributed by atoms with van der Waals surface area (Å²) in [7, 11) is 0. The zero-order valence-electron chi connectivity index (χ0n) is 6.91. The van der Waals surface area contributed by atoms with Crippen LogP contribution in [0.25, 0.3) is 0 Å². The third-order valence-electron chi connectivity index (χ3n) is 2.35. The quantitative estimate of drug-likeness (QED) is 0.611. The Morgan fingerprint density at radius 1 is 1.44 bits per heavy atom. The lowest BCUT2D eigenvalue weighted by atomic mass is 10.1. The highest BCUT2D eigenvalue weighted by molar-refractivity contribution is 4.94. The van der Waals surface area contributed by atoms with Gasteiger partial charge in [-0.1, -0.05) is 33.6 Å². The van der Waals surface area contributed by atoms with Gasteiger partial charge in [0, 0.05) is 0 Å². The molecule has 0 spiro atoms. The molecule has 9 heavy (non-hydrogen) atoms. The topological polar surface area (TPSA) is 35.0 Å². The van der Waals surface area contributed by atoms with Crippen molar-refractivity contribution in [3.05, 3.63) is 0 Å². The summed E-state index contributed by atoms with van der Waals surface area (Å²) in [6, 6.07) is 0. The van der Waals surface area contributed by atoms with Gasteiger partial charge in [0.15, 0.2) is 0 Å². The van der Waals surface area contributed by atoms with E-state index >= 15 is 0 Å². The summed E-state index contributed by atoms with van der Waals surface area (Å²) in [4.78, 5) is 0. The van der Waals surface area contributed by atoms with Crippen molar-refractivity contribution in [2.24, 2.45) is 11.3 Å². The van der Waals surface area contributed by atoms with E-state index < -0.39 is 0 Å². The van der Waals surface area contributed by atoms with Crippen molar-refractivity contribution in [2.45, 2.75) is 40.0 Å². The van der Waals surface area contributed by atoms with Crippen molar-refractivity contribution < 1.29 is 0 Å². The van der Waals surface area contributed by atoms with E-state index in [0.717, 1.165) is 11.3 Å². The second-order valence-electron chi connectivity index (χ2n) is 3.68. The summed E-state index contributed by atoms with van der Waals surface area (Å²) in [5.74, 6) is 1.06. The average Bonchev–Trinajstić information content (AvgIpc) is 2.15. The van der Waals surface area contributed by atoms with Gasteiger partial charge in [-0.15, -0.1) is 0 Å². The maximum absolute atomic E-state index is 2.37. The minimum atomic E-state index is 0. The Bertz CT molecular complexity index is 86.6. The van der Waals surface area contributed by atoms with Crippen LogP contribution in [0.1, 0.15) is 40.0 Å². The first-order chi connectivity index (χ1) is 3.67. The Hall–Kier alpha value is -0.0400. The zero-order chi connectivity index (χ0) is 6.20. The van der Waals surface area contributed by atoms with Crippen molar-refractivity contribution in [3.63, 3.8) is 0 Å². The summed E-state index contributed by atoms with van der Waals surface area (Å²) in [6.45, 7) is 7.01. The Morgan fingerprint density at radius 2 is 1.89 bits per heavy atom. The van der Waals surface area contributed by atoms with Crippen molar-refractivity contribution in [2.75, 3.05) is 0 Å². The van der Waals surface area contributed by atoms with E-state index in [0.29, 0.717) is 0 Å². The lowest BCUT2D eigenvalue weighted by Gasteiger charge is -1.98. The Morgan fingerprint density at radius 3 is 2.00 bits per heavy atom. The number of rotatable bonds is 2. The molecule has 0 aromatic carbocycles. The fourth-order valence-electron chi connectivity index (χ4n) is 1.42. The minimum absolute atomic E-state index is 0. The first kappa shape index (κ1) is 8.96. The summed E-state index contributed by atoms with van der Waals surface area (Å²) < 4.78 is 0. The van der Waals surface area contributed by atoms with Crippen molar-refractivity contribution in [1.29, 1.82) is 0 Å². The van der Waals surface area contributed by atoms with Crippen LogP contribution in [-0.2, 0) is 0 Å². The van der Waals surface area contributed by atoms with Gasteiger partial charge in [0.1, 0.15) is 0 Å². The average molecular weight is 129 g/mol. The predicted molar refractivity (Wildman–Crippen MR) is 41.8 cm³/mol. The van der Waals surface area contributed by atoms with E-state index in [1.54, 1.807) is 0 Å². The van der Waals surface area contributed by atoms with Gasteiger partial charge in [-0.2, -0.15) is 0 Å². The zero-order valence-corrected chi connectivity index (χ0v) is 6.91. The van der Waals surface area contributed by atoms with Crippen LogP contribution < -0.4 is 6.15 Å². The predicted octanol–water partition coefficient (Wildman–Crippen LogP) is 2.99. The Kier molecular flexibility index (Phi) is 2.68. The molecule has 1 atom stereocenters. The van der Waals surface area contributed by atoms with Gasteiger partial charge in [-0.05, 0) is 17.8 Å². The van der Waals surface area contributed by atoms with Crippen LogP contribution in [0.15, 0.2) is 0 Å². The van der Waals surface area contributed by atoms with Crippen LogP contribution in [-0.4, -0.2) is 0 Å². The van der Waals surface area contributed by atoms with Crippen LogP contribution in [0.5, 0.6) is 0 Å². The molecule has 56 valence electrons. The van der Waals surface area contributed by atoms with Crippen LogP contribution in [0.4, 0.5) is 0 Å². The van der Waals surface area contributed by atoms with Gasteiger partial charge in [0.25, 0.3) is 0 Å². The largest absolute Gasteiger partial charge is 0.344 e. The molecule has 1 nitrogen and oxygen atoms in total. The molecular weight excluding hydrogens is 110 g/mol. The Balaban J connectivity index is 0.000000640. The molecule has 0 bridgehead atoms. The van der Waals surface area contributed by atoms with Crippen molar-refractivity contribution >= 4 is 0 Å². The van der Waals surface area contributed by atoms with E-state index in [9.17, 15) is 0 Å². The third kappa shape index (κ3) is 1.98.